The van der Waals surface area contributed by atoms with E-state index in [2.05, 4.69) is 118 Å². The second-order valence-electron chi connectivity index (χ2n) is 17.3. The van der Waals surface area contributed by atoms with Gasteiger partial charge in [-0.25, -0.2) is 4.57 Å². The van der Waals surface area contributed by atoms with Crippen LogP contribution >= 0.6 is 7.82 Å². The molecule has 0 radical (unpaired) electrons. The maximum Gasteiger partial charge on any atom is 0.472 e. The summed E-state index contributed by atoms with van der Waals surface area (Å²) in [6.07, 6.45) is 60.7. The lowest BCUT2D eigenvalue weighted by molar-refractivity contribution is -0.161. The van der Waals surface area contributed by atoms with E-state index in [0.717, 1.165) is 122 Å². The van der Waals surface area contributed by atoms with E-state index in [0.29, 0.717) is 19.3 Å². The highest BCUT2D eigenvalue weighted by atomic mass is 31.2. The summed E-state index contributed by atoms with van der Waals surface area (Å²) in [4.78, 5) is 48.3. The van der Waals surface area contributed by atoms with E-state index in [4.69, 9.17) is 23.3 Å². The average Bonchev–Trinajstić information content (AvgIpc) is 3.35. The Labute approximate surface area is 425 Å². The predicted molar refractivity (Wildman–Crippen MR) is 288 cm³/mol. The number of aliphatic hydroxyl groups is 1. The van der Waals surface area contributed by atoms with Gasteiger partial charge in [0.05, 0.1) is 19.8 Å². The minimum absolute atomic E-state index is 0.0952. The molecule has 0 rings (SSSR count). The number of ether oxygens (including phenoxy) is 3. The minimum Gasteiger partial charge on any atom is -0.462 e. The molecule has 0 aliphatic carbocycles. The standard InChI is InChI=1S/C58H95O11P/c1-4-7-10-13-16-19-22-25-27-30-33-36-39-42-45-48-57(61)68-54(50-59)52-66-70(63,64)67-53-55(51-65-56(60)47-44-41-38-35-32-29-24-21-18-15-12-9-6-3)69-58(62)49-46-43-40-37-34-31-28-26-23-20-17-14-11-8-5-2/h8-9,11-12,16-21,25-29,32,38,41,54-55,59H,4-7,10,13-15,22-24,30-31,33-37,39-40,42-53H2,1-3H3,(H,63,64)/b11-8-,12-9-,19-16-,20-17-,21-18-,27-25-,28-26-,32-29-,41-38-. The third kappa shape index (κ3) is 49.1. The third-order valence-corrected chi connectivity index (χ3v) is 11.6. The van der Waals surface area contributed by atoms with Crippen LogP contribution in [0.4, 0.5) is 0 Å². The summed E-state index contributed by atoms with van der Waals surface area (Å²) in [5, 5.41) is 9.79. The van der Waals surface area contributed by atoms with Gasteiger partial charge in [0.2, 0.25) is 0 Å². The van der Waals surface area contributed by atoms with Crippen LogP contribution in [0.25, 0.3) is 0 Å². The van der Waals surface area contributed by atoms with Crippen LogP contribution in [0.3, 0.4) is 0 Å². The summed E-state index contributed by atoms with van der Waals surface area (Å²) in [5.74, 6) is -1.61. The Morgan fingerprint density at radius 2 is 0.771 bits per heavy atom. The number of rotatable bonds is 48. The molecule has 0 fully saturated rings. The molecule has 11 nitrogen and oxygen atoms in total. The number of hydrogen-bond acceptors (Lipinski definition) is 10. The van der Waals surface area contributed by atoms with E-state index in [9.17, 15) is 28.9 Å². The zero-order chi connectivity index (χ0) is 51.3. The van der Waals surface area contributed by atoms with Crippen LogP contribution in [0.15, 0.2) is 109 Å². The van der Waals surface area contributed by atoms with E-state index >= 15 is 0 Å². The Morgan fingerprint density at radius 3 is 1.20 bits per heavy atom. The largest absolute Gasteiger partial charge is 0.472 e. The van der Waals surface area contributed by atoms with Gasteiger partial charge in [0.1, 0.15) is 12.7 Å². The molecular formula is C58H95O11P. The van der Waals surface area contributed by atoms with E-state index in [-0.39, 0.29) is 25.9 Å². The van der Waals surface area contributed by atoms with Crippen LogP contribution in [0.5, 0.6) is 0 Å². The summed E-state index contributed by atoms with van der Waals surface area (Å²) in [6.45, 7) is 4.24. The molecule has 0 aromatic rings. The summed E-state index contributed by atoms with van der Waals surface area (Å²) >= 11 is 0. The topological polar surface area (TPSA) is 155 Å². The molecule has 0 aromatic heterocycles. The third-order valence-electron chi connectivity index (χ3n) is 10.7. The summed E-state index contributed by atoms with van der Waals surface area (Å²) in [6, 6.07) is 0. The van der Waals surface area contributed by atoms with Gasteiger partial charge < -0.3 is 24.2 Å². The fraction of sp³-hybridized carbons (Fsp3) is 0.638. The van der Waals surface area contributed by atoms with Crippen molar-refractivity contribution in [3.05, 3.63) is 109 Å². The number of aliphatic hydroxyl groups excluding tert-OH is 1. The number of hydrogen-bond donors (Lipinski definition) is 2. The SMILES string of the molecule is CC/C=C\C/C=C\C/C=C\C/C=C\CCC(=O)OCC(COP(=O)(O)OCC(CO)OC(=O)CCCCCCC/C=C\C/C=C\CCCCC)OC(=O)CCCCCCC/C=C\C/C=C\C/C=C\CC. The lowest BCUT2D eigenvalue weighted by Gasteiger charge is -2.21. The molecule has 0 bridgehead atoms. The number of unbranched alkanes of at least 4 members (excludes halogenated alkanes) is 13. The van der Waals surface area contributed by atoms with Crippen molar-refractivity contribution in [1.29, 1.82) is 0 Å². The Morgan fingerprint density at radius 1 is 0.414 bits per heavy atom. The summed E-state index contributed by atoms with van der Waals surface area (Å²) in [7, 11) is -4.77. The van der Waals surface area contributed by atoms with Crippen LogP contribution in [0.1, 0.15) is 201 Å². The Hall–Kier alpha value is -3.86. The van der Waals surface area contributed by atoms with E-state index in [1.54, 1.807) is 0 Å². The second kappa shape index (κ2) is 51.5. The molecular weight excluding hydrogens is 904 g/mol. The van der Waals surface area contributed by atoms with Gasteiger partial charge in [0.25, 0.3) is 0 Å². The van der Waals surface area contributed by atoms with Gasteiger partial charge in [-0.15, -0.1) is 0 Å². The molecule has 0 aliphatic heterocycles. The molecule has 0 saturated carbocycles. The maximum absolute atomic E-state index is 12.9. The monoisotopic (exact) mass is 999 g/mol. The molecule has 12 heteroatoms. The van der Waals surface area contributed by atoms with Crippen molar-refractivity contribution < 1.29 is 52.2 Å². The first-order chi connectivity index (χ1) is 34.2. The number of allylic oxidation sites excluding steroid dienone is 18. The highest BCUT2D eigenvalue weighted by Gasteiger charge is 2.28. The molecule has 70 heavy (non-hydrogen) atoms. The number of phosphoric ester groups is 1. The van der Waals surface area contributed by atoms with Crippen molar-refractivity contribution in [3.8, 4) is 0 Å². The van der Waals surface area contributed by atoms with Gasteiger partial charge in [-0.05, 0) is 109 Å². The zero-order valence-electron chi connectivity index (χ0n) is 43.7. The summed E-state index contributed by atoms with van der Waals surface area (Å²) in [5.41, 5.74) is 0. The van der Waals surface area contributed by atoms with Crippen molar-refractivity contribution >= 4 is 25.7 Å². The van der Waals surface area contributed by atoms with Crippen LogP contribution in [0.2, 0.25) is 0 Å². The Kier molecular flexibility index (Phi) is 48.7. The molecule has 0 amide bonds. The van der Waals surface area contributed by atoms with Crippen molar-refractivity contribution in [1.82, 2.24) is 0 Å². The van der Waals surface area contributed by atoms with E-state index in [1.165, 1.54) is 19.3 Å². The molecule has 0 saturated heterocycles. The number of carbonyl (C=O) groups is 3. The quantitative estimate of drug-likeness (QED) is 0.0197. The predicted octanol–water partition coefficient (Wildman–Crippen LogP) is 15.5. The van der Waals surface area contributed by atoms with Crippen LogP contribution in [-0.4, -0.2) is 66.5 Å². The minimum atomic E-state index is -4.77. The highest BCUT2D eigenvalue weighted by molar-refractivity contribution is 7.47. The zero-order valence-corrected chi connectivity index (χ0v) is 44.6. The van der Waals surface area contributed by atoms with Gasteiger partial charge in [-0.3, -0.25) is 23.4 Å². The molecule has 0 aliphatic rings. The molecule has 0 heterocycles. The first kappa shape index (κ1) is 66.1. The van der Waals surface area contributed by atoms with Crippen molar-refractivity contribution in [2.45, 2.75) is 213 Å². The number of carbonyl (C=O) groups excluding carboxylic acids is 3. The lowest BCUT2D eigenvalue weighted by atomic mass is 10.1. The van der Waals surface area contributed by atoms with Crippen LogP contribution in [0, 0.1) is 0 Å². The highest BCUT2D eigenvalue weighted by Crippen LogP contribution is 2.43. The van der Waals surface area contributed by atoms with Gasteiger partial charge >= 0.3 is 25.7 Å². The van der Waals surface area contributed by atoms with Gasteiger partial charge in [0.15, 0.2) is 6.10 Å². The first-order valence-corrected chi connectivity index (χ1v) is 28.3. The Balaban J connectivity index is 4.85. The van der Waals surface area contributed by atoms with Crippen LogP contribution < -0.4 is 0 Å². The van der Waals surface area contributed by atoms with Crippen molar-refractivity contribution in [2.24, 2.45) is 0 Å². The molecule has 3 atom stereocenters. The van der Waals surface area contributed by atoms with Gasteiger partial charge in [-0.2, -0.15) is 0 Å². The lowest BCUT2D eigenvalue weighted by Crippen LogP contribution is -2.30. The maximum atomic E-state index is 12.9. The first-order valence-electron chi connectivity index (χ1n) is 26.8. The van der Waals surface area contributed by atoms with Gasteiger partial charge in [0, 0.05) is 19.3 Å². The normalized spacial score (nSPS) is 14.3. The van der Waals surface area contributed by atoms with Gasteiger partial charge in [-0.1, -0.05) is 182 Å². The molecule has 2 N–H and O–H groups in total. The van der Waals surface area contributed by atoms with E-state index in [1.807, 2.05) is 12.2 Å². The molecule has 0 aromatic carbocycles. The van der Waals surface area contributed by atoms with E-state index < -0.39 is 57.8 Å². The molecule has 398 valence electrons. The summed E-state index contributed by atoms with van der Waals surface area (Å²) < 4.78 is 39.3. The fourth-order valence-corrected chi connectivity index (χ4v) is 7.43. The number of phosphoric acid groups is 1. The smallest absolute Gasteiger partial charge is 0.462 e. The van der Waals surface area contributed by atoms with Crippen molar-refractivity contribution in [3.63, 3.8) is 0 Å². The van der Waals surface area contributed by atoms with Crippen LogP contribution in [-0.2, 0) is 42.2 Å². The van der Waals surface area contributed by atoms with Crippen molar-refractivity contribution in [2.75, 3.05) is 26.4 Å². The molecule has 0 spiro atoms. The second-order valence-corrected chi connectivity index (χ2v) is 18.7. The average molecular weight is 999 g/mol. The Bertz CT molecular complexity index is 1590. The molecule has 3 unspecified atom stereocenters. The number of esters is 3. The fourth-order valence-electron chi connectivity index (χ4n) is 6.65.